The maximum atomic E-state index is 12.5. The molecule has 0 amide bonds. The molecule has 0 radical (unpaired) electrons. The Morgan fingerprint density at radius 3 is 2.55 bits per heavy atom. The van der Waals surface area contributed by atoms with Crippen molar-refractivity contribution < 1.29 is 8.42 Å². The molecular weight excluding hydrogens is 296 g/mol. The van der Waals surface area contributed by atoms with Crippen molar-refractivity contribution in [3.63, 3.8) is 0 Å². The zero-order valence-electron chi connectivity index (χ0n) is 12.0. The number of aryl methyl sites for hydroxylation is 1. The summed E-state index contributed by atoms with van der Waals surface area (Å²) in [7, 11) is -3.59. The molecule has 1 atom stereocenters. The second kappa shape index (κ2) is 5.91. The molecule has 0 spiro atoms. The first kappa shape index (κ1) is 14.8. The Morgan fingerprint density at radius 2 is 1.82 bits per heavy atom. The number of sulfonamides is 1. The van der Waals surface area contributed by atoms with Gasteiger partial charge in [0, 0.05) is 6.04 Å². The number of nitrogens with one attached hydrogen (secondary N) is 1. The van der Waals surface area contributed by atoms with E-state index in [4.69, 9.17) is 5.26 Å². The highest BCUT2D eigenvalue weighted by Crippen LogP contribution is 2.30. The molecule has 0 saturated carbocycles. The quantitative estimate of drug-likeness (QED) is 0.947. The molecule has 2 aromatic rings. The van der Waals surface area contributed by atoms with Crippen molar-refractivity contribution in [1.82, 2.24) is 4.72 Å². The topological polar surface area (TPSA) is 70.0 Å². The van der Waals surface area contributed by atoms with E-state index in [0.29, 0.717) is 5.56 Å². The van der Waals surface area contributed by atoms with Gasteiger partial charge in [-0.2, -0.15) is 5.26 Å². The van der Waals surface area contributed by atoms with E-state index in [2.05, 4.69) is 10.8 Å². The van der Waals surface area contributed by atoms with Crippen LogP contribution in [0.3, 0.4) is 0 Å². The van der Waals surface area contributed by atoms with Crippen LogP contribution in [0.4, 0.5) is 0 Å². The van der Waals surface area contributed by atoms with E-state index in [-0.39, 0.29) is 10.9 Å². The minimum absolute atomic E-state index is 0.189. The lowest BCUT2D eigenvalue weighted by Gasteiger charge is -2.26. The SMILES string of the molecule is N#Cc1ccc(S(=O)(=O)N[C@H]2CCCc3ccccc32)cc1. The van der Waals surface area contributed by atoms with Gasteiger partial charge in [0.2, 0.25) is 10.0 Å². The van der Waals surface area contributed by atoms with Crippen molar-refractivity contribution in [1.29, 1.82) is 5.26 Å². The van der Waals surface area contributed by atoms with Crippen LogP contribution in [0, 0.1) is 11.3 Å². The molecule has 1 N–H and O–H groups in total. The lowest BCUT2D eigenvalue weighted by atomic mass is 9.88. The molecule has 5 heteroatoms. The molecule has 2 aromatic carbocycles. The van der Waals surface area contributed by atoms with Crippen LogP contribution >= 0.6 is 0 Å². The second-order valence-electron chi connectivity index (χ2n) is 5.40. The molecule has 0 unspecified atom stereocenters. The number of rotatable bonds is 3. The summed E-state index contributed by atoms with van der Waals surface area (Å²) >= 11 is 0. The van der Waals surface area contributed by atoms with Crippen molar-refractivity contribution in [2.24, 2.45) is 0 Å². The van der Waals surface area contributed by atoms with Crippen molar-refractivity contribution in [3.8, 4) is 6.07 Å². The van der Waals surface area contributed by atoms with Gasteiger partial charge < -0.3 is 0 Å². The maximum absolute atomic E-state index is 12.5. The molecule has 0 aliphatic heterocycles. The van der Waals surface area contributed by atoms with E-state index in [1.54, 1.807) is 0 Å². The second-order valence-corrected chi connectivity index (χ2v) is 7.12. The average molecular weight is 312 g/mol. The zero-order valence-corrected chi connectivity index (χ0v) is 12.8. The van der Waals surface area contributed by atoms with E-state index in [1.165, 1.54) is 29.8 Å². The van der Waals surface area contributed by atoms with Gasteiger partial charge in [0.05, 0.1) is 16.5 Å². The highest BCUT2D eigenvalue weighted by molar-refractivity contribution is 7.89. The van der Waals surface area contributed by atoms with Crippen LogP contribution in [0.2, 0.25) is 0 Å². The Hall–Kier alpha value is -2.16. The Kier molecular flexibility index (Phi) is 3.97. The van der Waals surface area contributed by atoms with Crippen molar-refractivity contribution >= 4 is 10.0 Å². The predicted octanol–water partition coefficient (Wildman–Crippen LogP) is 2.91. The molecule has 0 heterocycles. The van der Waals surface area contributed by atoms with Gasteiger partial charge >= 0.3 is 0 Å². The summed E-state index contributed by atoms with van der Waals surface area (Å²) in [5.74, 6) is 0. The summed E-state index contributed by atoms with van der Waals surface area (Å²) in [4.78, 5) is 0.189. The Bertz CT molecular complexity index is 820. The molecule has 0 aromatic heterocycles. The summed E-state index contributed by atoms with van der Waals surface area (Å²) in [5.41, 5.74) is 2.72. The van der Waals surface area contributed by atoms with Crippen molar-refractivity contribution in [2.75, 3.05) is 0 Å². The normalized spacial score (nSPS) is 17.5. The van der Waals surface area contributed by atoms with Crippen LogP contribution in [-0.2, 0) is 16.4 Å². The van der Waals surface area contributed by atoms with E-state index >= 15 is 0 Å². The van der Waals surface area contributed by atoms with Crippen molar-refractivity contribution in [2.45, 2.75) is 30.2 Å². The summed E-state index contributed by atoms with van der Waals surface area (Å²) in [6.07, 6.45) is 2.76. The molecule has 1 aliphatic rings. The third-order valence-corrected chi connectivity index (χ3v) is 5.45. The van der Waals surface area contributed by atoms with E-state index < -0.39 is 10.0 Å². The lowest BCUT2D eigenvalue weighted by molar-refractivity contribution is 0.507. The summed E-state index contributed by atoms with van der Waals surface area (Å²) in [5, 5.41) is 8.79. The molecule has 3 rings (SSSR count). The monoisotopic (exact) mass is 312 g/mol. The van der Waals surface area contributed by atoms with Crippen LogP contribution < -0.4 is 4.72 Å². The van der Waals surface area contributed by atoms with Gasteiger partial charge in [-0.15, -0.1) is 0 Å². The molecule has 1 aliphatic carbocycles. The molecular formula is C17H16N2O2S. The third kappa shape index (κ3) is 2.89. The van der Waals surface area contributed by atoms with Gasteiger partial charge in [-0.1, -0.05) is 24.3 Å². The smallest absolute Gasteiger partial charge is 0.207 e. The minimum atomic E-state index is -3.59. The number of hydrogen-bond acceptors (Lipinski definition) is 3. The van der Waals surface area contributed by atoms with Crippen LogP contribution in [0.25, 0.3) is 0 Å². The van der Waals surface area contributed by atoms with Gasteiger partial charge in [-0.3, -0.25) is 0 Å². The predicted molar refractivity (Wildman–Crippen MR) is 83.6 cm³/mol. The fourth-order valence-corrected chi connectivity index (χ4v) is 4.09. The Balaban J connectivity index is 1.87. The fourth-order valence-electron chi connectivity index (χ4n) is 2.84. The lowest BCUT2D eigenvalue weighted by Crippen LogP contribution is -2.31. The van der Waals surface area contributed by atoms with Crippen molar-refractivity contribution in [3.05, 3.63) is 65.2 Å². The summed E-state index contributed by atoms with van der Waals surface area (Å²) < 4.78 is 27.8. The summed E-state index contributed by atoms with van der Waals surface area (Å²) in [6, 6.07) is 15.7. The third-order valence-electron chi connectivity index (χ3n) is 3.96. The highest BCUT2D eigenvalue weighted by Gasteiger charge is 2.25. The van der Waals surface area contributed by atoms with Gasteiger partial charge in [-0.05, 0) is 54.7 Å². The highest BCUT2D eigenvalue weighted by atomic mass is 32.2. The molecule has 0 fully saturated rings. The fraction of sp³-hybridized carbons (Fsp3) is 0.235. The van der Waals surface area contributed by atoms with Gasteiger partial charge in [0.15, 0.2) is 0 Å². The Morgan fingerprint density at radius 1 is 1.09 bits per heavy atom. The largest absolute Gasteiger partial charge is 0.241 e. The molecule has 0 saturated heterocycles. The number of nitrogens with zero attached hydrogens (tertiary/aromatic N) is 1. The molecule has 4 nitrogen and oxygen atoms in total. The number of fused-ring (bicyclic) bond motifs is 1. The number of benzene rings is 2. The van der Waals surface area contributed by atoms with Gasteiger partial charge in [-0.25, -0.2) is 13.1 Å². The Labute approximate surface area is 130 Å². The first-order chi connectivity index (χ1) is 10.6. The van der Waals surface area contributed by atoms with E-state index in [0.717, 1.165) is 24.8 Å². The zero-order chi connectivity index (χ0) is 15.6. The van der Waals surface area contributed by atoms with Crippen LogP contribution in [0.1, 0.15) is 35.6 Å². The first-order valence-corrected chi connectivity index (χ1v) is 8.69. The molecule has 22 heavy (non-hydrogen) atoms. The minimum Gasteiger partial charge on any atom is -0.207 e. The number of nitriles is 1. The standard InChI is InChI=1S/C17H16N2O2S/c18-12-13-8-10-15(11-9-13)22(20,21)19-17-7-3-5-14-4-1-2-6-16(14)17/h1-2,4,6,8-11,17,19H,3,5,7H2/t17-/m0/s1. The van der Waals surface area contributed by atoms with Gasteiger partial charge in [0.25, 0.3) is 0 Å². The average Bonchev–Trinajstić information content (AvgIpc) is 2.55. The summed E-state index contributed by atoms with van der Waals surface area (Å²) in [6.45, 7) is 0. The molecule has 112 valence electrons. The molecule has 0 bridgehead atoms. The number of hydrogen-bond donors (Lipinski definition) is 1. The van der Waals surface area contributed by atoms with Crippen LogP contribution in [0.15, 0.2) is 53.4 Å². The maximum Gasteiger partial charge on any atom is 0.241 e. The van der Waals surface area contributed by atoms with E-state index in [9.17, 15) is 8.42 Å². The first-order valence-electron chi connectivity index (χ1n) is 7.20. The van der Waals surface area contributed by atoms with E-state index in [1.807, 2.05) is 24.3 Å². The van der Waals surface area contributed by atoms with Crippen LogP contribution in [-0.4, -0.2) is 8.42 Å². The van der Waals surface area contributed by atoms with Gasteiger partial charge in [0.1, 0.15) is 0 Å². The van der Waals surface area contributed by atoms with Crippen LogP contribution in [0.5, 0.6) is 0 Å².